The summed E-state index contributed by atoms with van der Waals surface area (Å²) >= 11 is 1.28. The van der Waals surface area contributed by atoms with Crippen molar-refractivity contribution in [2.75, 3.05) is 31.9 Å². The molecule has 1 heterocycles. The van der Waals surface area contributed by atoms with Gasteiger partial charge in [0.1, 0.15) is 17.2 Å². The molecular weight excluding hydrogens is 476 g/mol. The van der Waals surface area contributed by atoms with Crippen LogP contribution in [0.3, 0.4) is 0 Å². The van der Waals surface area contributed by atoms with Gasteiger partial charge in [-0.15, -0.1) is 10.2 Å². The first-order chi connectivity index (χ1) is 17.5. The molecule has 0 aliphatic rings. The van der Waals surface area contributed by atoms with Gasteiger partial charge in [0.2, 0.25) is 5.91 Å². The molecule has 186 valence electrons. The maximum absolute atomic E-state index is 12.8. The molecule has 0 aliphatic carbocycles. The summed E-state index contributed by atoms with van der Waals surface area (Å²) in [6.45, 7) is 4.44. The summed E-state index contributed by atoms with van der Waals surface area (Å²) in [4.78, 5) is 12.8. The van der Waals surface area contributed by atoms with Gasteiger partial charge in [0.05, 0.1) is 38.0 Å². The van der Waals surface area contributed by atoms with Crippen LogP contribution in [0.15, 0.2) is 71.9 Å². The van der Waals surface area contributed by atoms with Crippen molar-refractivity contribution in [1.29, 1.82) is 0 Å². The average molecular weight is 505 g/mol. The van der Waals surface area contributed by atoms with Crippen LogP contribution in [0.1, 0.15) is 12.5 Å². The monoisotopic (exact) mass is 504 g/mol. The van der Waals surface area contributed by atoms with E-state index >= 15 is 0 Å². The van der Waals surface area contributed by atoms with Gasteiger partial charge in [-0.3, -0.25) is 9.36 Å². The Balaban J connectivity index is 1.67. The van der Waals surface area contributed by atoms with E-state index < -0.39 is 0 Å². The lowest BCUT2D eigenvalue weighted by atomic mass is 10.1. The highest BCUT2D eigenvalue weighted by Gasteiger charge is 2.21. The smallest absolute Gasteiger partial charge is 0.234 e. The van der Waals surface area contributed by atoms with E-state index in [4.69, 9.17) is 14.2 Å². The number of amides is 1. The van der Waals surface area contributed by atoms with Gasteiger partial charge in [-0.2, -0.15) is 0 Å². The van der Waals surface area contributed by atoms with E-state index in [1.807, 2.05) is 85.1 Å². The minimum absolute atomic E-state index is 0.124. The SMILES string of the molecule is CCOc1ccccc1NC(=O)CSc1nnc(-c2ccc(C)cc2)n1-c1cc(OC)ccc1OC. The fourth-order valence-electron chi connectivity index (χ4n) is 3.61. The number of nitrogens with zero attached hydrogens (tertiary/aromatic N) is 3. The Hall–Kier alpha value is -3.98. The molecule has 8 nitrogen and oxygen atoms in total. The normalized spacial score (nSPS) is 10.7. The molecule has 1 amide bonds. The molecule has 0 unspecified atom stereocenters. The Morgan fingerprint density at radius 1 is 0.972 bits per heavy atom. The number of anilines is 1. The summed E-state index contributed by atoms with van der Waals surface area (Å²) in [7, 11) is 3.22. The number of thioether (sulfide) groups is 1. The van der Waals surface area contributed by atoms with Crippen molar-refractivity contribution >= 4 is 23.4 Å². The van der Waals surface area contributed by atoms with Crippen molar-refractivity contribution < 1.29 is 19.0 Å². The molecule has 36 heavy (non-hydrogen) atoms. The highest BCUT2D eigenvalue weighted by atomic mass is 32.2. The number of benzene rings is 3. The third kappa shape index (κ3) is 5.63. The van der Waals surface area contributed by atoms with Crippen LogP contribution in [0.25, 0.3) is 17.1 Å². The molecular formula is C27H28N4O4S. The molecule has 4 aromatic rings. The lowest BCUT2D eigenvalue weighted by Gasteiger charge is -2.15. The van der Waals surface area contributed by atoms with Crippen molar-refractivity contribution in [3.63, 3.8) is 0 Å². The molecule has 4 rings (SSSR count). The number of methoxy groups -OCH3 is 2. The van der Waals surface area contributed by atoms with Crippen LogP contribution in [-0.2, 0) is 4.79 Å². The molecule has 0 radical (unpaired) electrons. The first-order valence-electron chi connectivity index (χ1n) is 11.4. The number of aromatic nitrogens is 3. The van der Waals surface area contributed by atoms with Gasteiger partial charge in [0.25, 0.3) is 0 Å². The summed E-state index contributed by atoms with van der Waals surface area (Å²) in [6.07, 6.45) is 0. The van der Waals surface area contributed by atoms with E-state index in [2.05, 4.69) is 15.5 Å². The number of nitrogens with one attached hydrogen (secondary N) is 1. The Morgan fingerprint density at radius 3 is 2.47 bits per heavy atom. The van der Waals surface area contributed by atoms with E-state index in [9.17, 15) is 4.79 Å². The van der Waals surface area contributed by atoms with Gasteiger partial charge in [-0.05, 0) is 38.1 Å². The molecule has 0 aliphatic heterocycles. The van der Waals surface area contributed by atoms with Crippen molar-refractivity contribution in [3.8, 4) is 34.3 Å². The van der Waals surface area contributed by atoms with Crippen LogP contribution in [0.4, 0.5) is 5.69 Å². The standard InChI is InChI=1S/C27H28N4O4S/c1-5-35-23-9-7-6-8-21(23)28-25(32)17-36-27-30-29-26(19-12-10-18(2)11-13-19)31(27)22-16-20(33-3)14-15-24(22)34-4/h6-16H,5,17H2,1-4H3,(H,28,32). The summed E-state index contributed by atoms with van der Waals surface area (Å²) in [6, 6.07) is 20.9. The lowest BCUT2D eigenvalue weighted by Crippen LogP contribution is -2.15. The number of ether oxygens (including phenoxy) is 3. The molecule has 0 bridgehead atoms. The maximum Gasteiger partial charge on any atom is 0.234 e. The fraction of sp³-hybridized carbons (Fsp3) is 0.222. The van der Waals surface area contributed by atoms with Gasteiger partial charge in [0, 0.05) is 11.6 Å². The Bertz CT molecular complexity index is 1340. The molecule has 0 saturated heterocycles. The van der Waals surface area contributed by atoms with Crippen LogP contribution < -0.4 is 19.5 Å². The Labute approximate surface area is 214 Å². The number of para-hydroxylation sites is 2. The van der Waals surface area contributed by atoms with Crippen LogP contribution in [0, 0.1) is 6.92 Å². The molecule has 0 atom stereocenters. The van der Waals surface area contributed by atoms with Crippen molar-refractivity contribution in [3.05, 3.63) is 72.3 Å². The molecule has 0 fully saturated rings. The molecule has 0 saturated carbocycles. The van der Waals surface area contributed by atoms with Crippen LogP contribution in [-0.4, -0.2) is 47.3 Å². The minimum Gasteiger partial charge on any atom is -0.497 e. The van der Waals surface area contributed by atoms with E-state index in [1.54, 1.807) is 14.2 Å². The summed E-state index contributed by atoms with van der Waals surface area (Å²) in [5, 5.41) is 12.4. The number of aryl methyl sites for hydroxylation is 1. The number of hydrogen-bond donors (Lipinski definition) is 1. The number of hydrogen-bond acceptors (Lipinski definition) is 7. The lowest BCUT2D eigenvalue weighted by molar-refractivity contribution is -0.113. The van der Waals surface area contributed by atoms with Gasteiger partial charge in [-0.1, -0.05) is 53.7 Å². The topological polar surface area (TPSA) is 87.5 Å². The first-order valence-corrected chi connectivity index (χ1v) is 12.4. The minimum atomic E-state index is -0.184. The average Bonchev–Trinajstić information content (AvgIpc) is 3.32. The number of rotatable bonds is 10. The number of carbonyl (C=O) groups excluding carboxylic acids is 1. The third-order valence-corrected chi connectivity index (χ3v) is 6.29. The van der Waals surface area contributed by atoms with Crippen LogP contribution in [0.5, 0.6) is 17.2 Å². The van der Waals surface area contributed by atoms with Crippen molar-refractivity contribution in [1.82, 2.24) is 14.8 Å². The number of carbonyl (C=O) groups is 1. The van der Waals surface area contributed by atoms with Crippen molar-refractivity contribution in [2.45, 2.75) is 19.0 Å². The second-order valence-corrected chi connectivity index (χ2v) is 8.75. The first kappa shape index (κ1) is 25.1. The highest BCUT2D eigenvalue weighted by molar-refractivity contribution is 7.99. The quantitative estimate of drug-likeness (QED) is 0.290. The second kappa shape index (κ2) is 11.6. The zero-order valence-electron chi connectivity index (χ0n) is 20.6. The summed E-state index contributed by atoms with van der Waals surface area (Å²) < 4.78 is 18.6. The zero-order valence-corrected chi connectivity index (χ0v) is 21.5. The van der Waals surface area contributed by atoms with E-state index in [0.29, 0.717) is 46.2 Å². The van der Waals surface area contributed by atoms with Gasteiger partial charge < -0.3 is 19.5 Å². The fourth-order valence-corrected chi connectivity index (χ4v) is 4.35. The maximum atomic E-state index is 12.8. The van der Waals surface area contributed by atoms with Gasteiger partial charge in [-0.25, -0.2) is 0 Å². The molecule has 1 N–H and O–H groups in total. The van der Waals surface area contributed by atoms with Gasteiger partial charge >= 0.3 is 0 Å². The van der Waals surface area contributed by atoms with Crippen molar-refractivity contribution in [2.24, 2.45) is 0 Å². The molecule has 9 heteroatoms. The second-order valence-electron chi connectivity index (χ2n) is 7.81. The molecule has 3 aromatic carbocycles. The predicted octanol–water partition coefficient (Wildman–Crippen LogP) is 5.39. The molecule has 1 aromatic heterocycles. The third-order valence-electron chi connectivity index (χ3n) is 5.36. The van der Waals surface area contributed by atoms with Gasteiger partial charge in [0.15, 0.2) is 11.0 Å². The Kier molecular flexibility index (Phi) is 8.12. The Morgan fingerprint density at radius 2 is 1.75 bits per heavy atom. The highest BCUT2D eigenvalue weighted by Crippen LogP contribution is 2.35. The summed E-state index contributed by atoms with van der Waals surface area (Å²) in [5.74, 6) is 2.49. The molecule has 0 spiro atoms. The largest absolute Gasteiger partial charge is 0.497 e. The predicted molar refractivity (Wildman–Crippen MR) is 142 cm³/mol. The van der Waals surface area contributed by atoms with E-state index in [0.717, 1.165) is 11.1 Å². The van der Waals surface area contributed by atoms with Crippen LogP contribution in [0.2, 0.25) is 0 Å². The van der Waals surface area contributed by atoms with Crippen LogP contribution >= 0.6 is 11.8 Å². The summed E-state index contributed by atoms with van der Waals surface area (Å²) in [5.41, 5.74) is 3.37. The zero-order chi connectivity index (χ0) is 25.5. The van der Waals surface area contributed by atoms with E-state index in [-0.39, 0.29) is 11.7 Å². The van der Waals surface area contributed by atoms with E-state index in [1.165, 1.54) is 11.8 Å².